The lowest BCUT2D eigenvalue weighted by Crippen LogP contribution is -2.35. The molecule has 0 bridgehead atoms. The minimum absolute atomic E-state index is 0.443. The minimum Gasteiger partial charge on any atom is -0.339 e. The summed E-state index contributed by atoms with van der Waals surface area (Å²) in [5.41, 5.74) is 1.29. The Kier molecular flexibility index (Phi) is 3.93. The van der Waals surface area contributed by atoms with Gasteiger partial charge in [0.15, 0.2) is 5.82 Å². The van der Waals surface area contributed by atoms with Gasteiger partial charge >= 0.3 is 0 Å². The minimum atomic E-state index is 0.443. The zero-order valence-corrected chi connectivity index (χ0v) is 12.9. The van der Waals surface area contributed by atoms with E-state index < -0.39 is 0 Å². The fourth-order valence-corrected chi connectivity index (χ4v) is 3.30. The lowest BCUT2D eigenvalue weighted by Gasteiger charge is -2.31. The number of likely N-dealkylation sites (tertiary alicyclic amines) is 1. The third-order valence-corrected chi connectivity index (χ3v) is 4.75. The van der Waals surface area contributed by atoms with Gasteiger partial charge in [-0.15, -0.1) is 0 Å². The van der Waals surface area contributed by atoms with Crippen molar-refractivity contribution in [2.45, 2.75) is 50.4 Å². The lowest BCUT2D eigenvalue weighted by molar-refractivity contribution is 0.200. The molecule has 1 saturated heterocycles. The van der Waals surface area contributed by atoms with Gasteiger partial charge in [-0.05, 0) is 57.2 Å². The summed E-state index contributed by atoms with van der Waals surface area (Å²) in [5, 5.41) is 11.1. The van der Waals surface area contributed by atoms with Crippen molar-refractivity contribution in [1.82, 2.24) is 25.2 Å². The van der Waals surface area contributed by atoms with Crippen LogP contribution in [0.1, 0.15) is 61.2 Å². The molecule has 1 saturated carbocycles. The maximum atomic E-state index is 5.42. The number of aromatic nitrogens is 4. The topological polar surface area (TPSA) is 70.8 Å². The van der Waals surface area contributed by atoms with Crippen molar-refractivity contribution in [3.05, 3.63) is 29.7 Å². The number of hydrogen-bond acceptors (Lipinski definition) is 5. The molecule has 6 nitrogen and oxygen atoms in total. The predicted molar refractivity (Wildman–Crippen MR) is 81.6 cm³/mol. The molecule has 22 heavy (non-hydrogen) atoms. The van der Waals surface area contributed by atoms with Crippen LogP contribution in [0.3, 0.4) is 0 Å². The van der Waals surface area contributed by atoms with Crippen LogP contribution in [0, 0.1) is 0 Å². The number of hydrogen-bond donors (Lipinski definition) is 1. The van der Waals surface area contributed by atoms with Gasteiger partial charge in [0.25, 0.3) is 0 Å². The molecule has 2 aromatic heterocycles. The van der Waals surface area contributed by atoms with Crippen molar-refractivity contribution in [2.24, 2.45) is 0 Å². The molecule has 3 heterocycles. The second-order valence-electron chi connectivity index (χ2n) is 6.61. The van der Waals surface area contributed by atoms with Crippen molar-refractivity contribution < 1.29 is 4.52 Å². The second kappa shape index (κ2) is 6.20. The van der Waals surface area contributed by atoms with Gasteiger partial charge in [-0.1, -0.05) is 5.16 Å². The third kappa shape index (κ3) is 3.21. The highest BCUT2D eigenvalue weighted by molar-refractivity contribution is 5.06. The first-order chi connectivity index (χ1) is 10.9. The average molecular weight is 301 g/mol. The van der Waals surface area contributed by atoms with Gasteiger partial charge in [-0.2, -0.15) is 10.1 Å². The van der Waals surface area contributed by atoms with Crippen LogP contribution in [0.15, 0.2) is 16.9 Å². The molecule has 0 spiro atoms. The molecular weight excluding hydrogens is 278 g/mol. The molecule has 1 N–H and O–H groups in total. The van der Waals surface area contributed by atoms with Crippen LogP contribution in [0.25, 0.3) is 0 Å². The van der Waals surface area contributed by atoms with Gasteiger partial charge in [0, 0.05) is 24.6 Å². The molecule has 1 atom stereocenters. The normalized spacial score (nSPS) is 23.0. The number of nitrogens with zero attached hydrogens (tertiary/aromatic N) is 4. The van der Waals surface area contributed by atoms with E-state index in [2.05, 4.69) is 25.2 Å². The van der Waals surface area contributed by atoms with Crippen LogP contribution < -0.4 is 0 Å². The summed E-state index contributed by atoms with van der Waals surface area (Å²) in [5.74, 6) is 2.79. The Labute approximate surface area is 130 Å². The Morgan fingerprint density at radius 3 is 3.05 bits per heavy atom. The van der Waals surface area contributed by atoms with Crippen molar-refractivity contribution in [3.8, 4) is 0 Å². The van der Waals surface area contributed by atoms with E-state index in [1.807, 2.05) is 12.4 Å². The fraction of sp³-hybridized carbons (Fsp3) is 0.688. The Bertz CT molecular complexity index is 589. The fourth-order valence-electron chi connectivity index (χ4n) is 3.30. The van der Waals surface area contributed by atoms with Crippen LogP contribution in [0.2, 0.25) is 0 Å². The van der Waals surface area contributed by atoms with Crippen LogP contribution in [-0.2, 0) is 6.42 Å². The Morgan fingerprint density at radius 2 is 2.23 bits per heavy atom. The van der Waals surface area contributed by atoms with E-state index in [9.17, 15) is 0 Å². The van der Waals surface area contributed by atoms with Crippen LogP contribution in [-0.4, -0.2) is 44.9 Å². The SMILES string of the molecule is c1n[nH]cc1CCCN1CCC[C@@H](c2noc(C3CC3)n2)C1. The van der Waals surface area contributed by atoms with Crippen molar-refractivity contribution >= 4 is 0 Å². The number of aryl methyl sites for hydroxylation is 1. The van der Waals surface area contributed by atoms with E-state index >= 15 is 0 Å². The van der Waals surface area contributed by atoms with E-state index in [1.54, 1.807) is 0 Å². The highest BCUT2D eigenvalue weighted by Crippen LogP contribution is 2.39. The molecule has 6 heteroatoms. The molecule has 0 amide bonds. The summed E-state index contributed by atoms with van der Waals surface area (Å²) >= 11 is 0. The molecule has 2 fully saturated rings. The van der Waals surface area contributed by atoms with E-state index in [0.29, 0.717) is 11.8 Å². The molecule has 118 valence electrons. The van der Waals surface area contributed by atoms with Crippen LogP contribution in [0.4, 0.5) is 0 Å². The number of nitrogens with one attached hydrogen (secondary N) is 1. The first-order valence-electron chi connectivity index (χ1n) is 8.42. The quantitative estimate of drug-likeness (QED) is 0.887. The molecule has 0 aromatic carbocycles. The summed E-state index contributed by atoms with van der Waals surface area (Å²) in [7, 11) is 0. The molecule has 1 aliphatic heterocycles. The summed E-state index contributed by atoms with van der Waals surface area (Å²) in [6.07, 6.45) is 11.0. The van der Waals surface area contributed by atoms with Gasteiger partial charge in [-0.3, -0.25) is 5.10 Å². The molecular formula is C16H23N5O. The zero-order chi connectivity index (χ0) is 14.8. The third-order valence-electron chi connectivity index (χ3n) is 4.75. The first kappa shape index (κ1) is 13.9. The first-order valence-corrected chi connectivity index (χ1v) is 8.42. The van der Waals surface area contributed by atoms with Crippen LogP contribution in [0.5, 0.6) is 0 Å². The number of rotatable bonds is 6. The Morgan fingerprint density at radius 1 is 1.27 bits per heavy atom. The van der Waals surface area contributed by atoms with E-state index in [1.165, 1.54) is 44.2 Å². The Balaban J connectivity index is 1.29. The van der Waals surface area contributed by atoms with E-state index in [0.717, 1.165) is 31.2 Å². The summed E-state index contributed by atoms with van der Waals surface area (Å²) in [4.78, 5) is 7.18. The maximum Gasteiger partial charge on any atom is 0.229 e. The molecule has 1 aliphatic carbocycles. The van der Waals surface area contributed by atoms with Crippen LogP contribution >= 0.6 is 0 Å². The van der Waals surface area contributed by atoms with Crippen molar-refractivity contribution in [3.63, 3.8) is 0 Å². The molecule has 0 radical (unpaired) electrons. The molecule has 4 rings (SSSR count). The predicted octanol–water partition coefficient (Wildman–Crippen LogP) is 2.48. The summed E-state index contributed by atoms with van der Waals surface area (Å²) in [6, 6.07) is 0. The highest BCUT2D eigenvalue weighted by atomic mass is 16.5. The monoisotopic (exact) mass is 301 g/mol. The summed E-state index contributed by atoms with van der Waals surface area (Å²) < 4.78 is 5.42. The standard InChI is InChI=1S/C16H23N5O/c1(3-12-9-17-18-10-12)7-21-8-2-4-14(11-21)15-19-16(22-20-15)13-5-6-13/h9-10,13-14H,1-8,11H2,(H,17,18)/t14-/m1/s1. The number of piperidine rings is 1. The van der Waals surface area contributed by atoms with Gasteiger partial charge in [0.05, 0.1) is 6.20 Å². The molecule has 0 unspecified atom stereocenters. The maximum absolute atomic E-state index is 5.42. The van der Waals surface area contributed by atoms with Crippen molar-refractivity contribution in [1.29, 1.82) is 0 Å². The molecule has 2 aliphatic rings. The largest absolute Gasteiger partial charge is 0.339 e. The second-order valence-corrected chi connectivity index (χ2v) is 6.61. The average Bonchev–Trinajstić information content (AvgIpc) is 3.06. The van der Waals surface area contributed by atoms with Gasteiger partial charge < -0.3 is 9.42 Å². The van der Waals surface area contributed by atoms with Gasteiger partial charge in [0.2, 0.25) is 5.89 Å². The Hall–Kier alpha value is -1.69. The van der Waals surface area contributed by atoms with E-state index in [4.69, 9.17) is 4.52 Å². The zero-order valence-electron chi connectivity index (χ0n) is 12.9. The summed E-state index contributed by atoms with van der Waals surface area (Å²) in [6.45, 7) is 3.39. The lowest BCUT2D eigenvalue weighted by atomic mass is 9.97. The smallest absolute Gasteiger partial charge is 0.229 e. The number of aromatic amines is 1. The highest BCUT2D eigenvalue weighted by Gasteiger charge is 2.32. The van der Waals surface area contributed by atoms with Crippen molar-refractivity contribution in [2.75, 3.05) is 19.6 Å². The van der Waals surface area contributed by atoms with E-state index in [-0.39, 0.29) is 0 Å². The van der Waals surface area contributed by atoms with Gasteiger partial charge in [-0.25, -0.2) is 0 Å². The molecule has 2 aromatic rings. The van der Waals surface area contributed by atoms with Gasteiger partial charge in [0.1, 0.15) is 0 Å². The number of H-pyrrole nitrogens is 1.